The van der Waals surface area contributed by atoms with Crippen molar-refractivity contribution < 1.29 is 5.11 Å². The molecule has 1 aliphatic carbocycles. The van der Waals surface area contributed by atoms with Gasteiger partial charge in [-0.1, -0.05) is 0 Å². The number of rotatable bonds is 1. The van der Waals surface area contributed by atoms with Crippen LogP contribution in [0.25, 0.3) is 0 Å². The lowest BCUT2D eigenvalue weighted by Crippen LogP contribution is -2.11. The summed E-state index contributed by atoms with van der Waals surface area (Å²) in [5.74, 6) is 0.602. The van der Waals surface area contributed by atoms with Crippen molar-refractivity contribution in [3.63, 3.8) is 0 Å². The molecule has 2 atom stereocenters. The number of aliphatic hydroxyl groups excluding tert-OH is 1. The van der Waals surface area contributed by atoms with Gasteiger partial charge >= 0.3 is 0 Å². The van der Waals surface area contributed by atoms with Gasteiger partial charge in [0.05, 0.1) is 6.10 Å². The minimum absolute atomic E-state index is 0.0523. The van der Waals surface area contributed by atoms with Crippen molar-refractivity contribution in [1.29, 1.82) is 0 Å². The van der Waals surface area contributed by atoms with Crippen molar-refractivity contribution >= 4 is 0 Å². The molecule has 0 radical (unpaired) electrons. The van der Waals surface area contributed by atoms with Gasteiger partial charge < -0.3 is 10.8 Å². The van der Waals surface area contributed by atoms with E-state index in [1.165, 1.54) is 0 Å². The van der Waals surface area contributed by atoms with Crippen LogP contribution >= 0.6 is 0 Å². The number of nitrogens with two attached hydrogens (primary N) is 1. The molecule has 0 aliphatic heterocycles. The average molecular weight is 115 g/mol. The van der Waals surface area contributed by atoms with Crippen LogP contribution in [-0.4, -0.2) is 17.8 Å². The average Bonchev–Trinajstić information content (AvgIpc) is 2.14. The van der Waals surface area contributed by atoms with E-state index in [9.17, 15) is 0 Å². The Bertz CT molecular complexity index is 74.9. The number of hydrogen-bond acceptors (Lipinski definition) is 2. The van der Waals surface area contributed by atoms with E-state index in [-0.39, 0.29) is 6.10 Å². The smallest absolute Gasteiger partial charge is 0.0543 e. The number of aliphatic hydroxyl groups is 1. The van der Waals surface area contributed by atoms with Crippen LogP contribution in [0.1, 0.15) is 19.3 Å². The summed E-state index contributed by atoms with van der Waals surface area (Å²) in [7, 11) is 0. The van der Waals surface area contributed by atoms with Crippen molar-refractivity contribution in [2.45, 2.75) is 25.4 Å². The molecule has 1 aliphatic rings. The molecule has 1 saturated carbocycles. The lowest BCUT2D eigenvalue weighted by Gasteiger charge is -2.01. The van der Waals surface area contributed by atoms with Gasteiger partial charge in [0, 0.05) is 0 Å². The highest BCUT2D eigenvalue weighted by atomic mass is 16.3. The van der Waals surface area contributed by atoms with Crippen LogP contribution in [0.4, 0.5) is 0 Å². The summed E-state index contributed by atoms with van der Waals surface area (Å²) in [6, 6.07) is 0. The molecule has 0 aromatic heterocycles. The van der Waals surface area contributed by atoms with Crippen molar-refractivity contribution in [3.05, 3.63) is 0 Å². The Labute approximate surface area is 49.7 Å². The molecule has 3 N–H and O–H groups in total. The summed E-state index contributed by atoms with van der Waals surface area (Å²) in [6.45, 7) is 0.747. The highest BCUT2D eigenvalue weighted by molar-refractivity contribution is 4.74. The maximum atomic E-state index is 8.98. The zero-order valence-electron chi connectivity index (χ0n) is 5.01. The Morgan fingerprint density at radius 1 is 1.50 bits per heavy atom. The molecule has 0 spiro atoms. The van der Waals surface area contributed by atoms with E-state index in [1.54, 1.807) is 0 Å². The van der Waals surface area contributed by atoms with Gasteiger partial charge in [-0.15, -0.1) is 0 Å². The standard InChI is InChI=1S/C6H13NO/c7-4-5-1-2-6(8)3-5/h5-6,8H,1-4,7H2/t5-,6-/m1/s1. The normalized spacial score (nSPS) is 38.2. The van der Waals surface area contributed by atoms with Crippen LogP contribution in [0.3, 0.4) is 0 Å². The first-order valence-electron chi connectivity index (χ1n) is 3.21. The Morgan fingerprint density at radius 2 is 2.25 bits per heavy atom. The molecule has 48 valence electrons. The van der Waals surface area contributed by atoms with Gasteiger partial charge in [-0.05, 0) is 31.7 Å². The lowest BCUT2D eigenvalue weighted by atomic mass is 10.1. The summed E-state index contributed by atoms with van der Waals surface area (Å²) in [5, 5.41) is 8.98. The zero-order chi connectivity index (χ0) is 5.98. The van der Waals surface area contributed by atoms with E-state index in [0.29, 0.717) is 5.92 Å². The van der Waals surface area contributed by atoms with Gasteiger partial charge in [0.15, 0.2) is 0 Å². The van der Waals surface area contributed by atoms with Crippen molar-refractivity contribution in [3.8, 4) is 0 Å². The summed E-state index contributed by atoms with van der Waals surface area (Å²) in [6.07, 6.45) is 2.96. The van der Waals surface area contributed by atoms with E-state index in [2.05, 4.69) is 0 Å². The molecule has 1 fully saturated rings. The predicted octanol–water partition coefficient (Wildman–Crippen LogP) is 0.106. The van der Waals surface area contributed by atoms with E-state index in [4.69, 9.17) is 10.8 Å². The molecular weight excluding hydrogens is 102 g/mol. The van der Waals surface area contributed by atoms with Crippen LogP contribution < -0.4 is 5.73 Å². The molecule has 0 saturated heterocycles. The van der Waals surface area contributed by atoms with Gasteiger partial charge in [0.25, 0.3) is 0 Å². The second-order valence-electron chi connectivity index (χ2n) is 2.57. The lowest BCUT2D eigenvalue weighted by molar-refractivity contribution is 0.178. The molecule has 0 aromatic rings. The third-order valence-corrected chi connectivity index (χ3v) is 1.85. The summed E-state index contributed by atoms with van der Waals surface area (Å²) in [4.78, 5) is 0. The van der Waals surface area contributed by atoms with E-state index in [0.717, 1.165) is 25.8 Å². The predicted molar refractivity (Wildman–Crippen MR) is 32.4 cm³/mol. The van der Waals surface area contributed by atoms with Crippen LogP contribution in [-0.2, 0) is 0 Å². The largest absolute Gasteiger partial charge is 0.393 e. The molecule has 0 amide bonds. The van der Waals surface area contributed by atoms with Crippen LogP contribution in [0, 0.1) is 5.92 Å². The monoisotopic (exact) mass is 115 g/mol. The topological polar surface area (TPSA) is 46.2 Å². The minimum Gasteiger partial charge on any atom is -0.393 e. The van der Waals surface area contributed by atoms with E-state index < -0.39 is 0 Å². The van der Waals surface area contributed by atoms with Crippen LogP contribution in [0.2, 0.25) is 0 Å². The summed E-state index contributed by atoms with van der Waals surface area (Å²) < 4.78 is 0. The van der Waals surface area contributed by atoms with Gasteiger partial charge in [0.1, 0.15) is 0 Å². The molecule has 0 bridgehead atoms. The molecular formula is C6H13NO. The SMILES string of the molecule is NC[C@@H]1CC[C@@H](O)C1. The summed E-state index contributed by atoms with van der Waals surface area (Å²) in [5.41, 5.74) is 5.38. The third kappa shape index (κ3) is 1.20. The molecule has 0 heterocycles. The van der Waals surface area contributed by atoms with Crippen molar-refractivity contribution in [2.24, 2.45) is 11.7 Å². The minimum atomic E-state index is -0.0523. The van der Waals surface area contributed by atoms with E-state index >= 15 is 0 Å². The van der Waals surface area contributed by atoms with Gasteiger partial charge in [0.2, 0.25) is 0 Å². The fraction of sp³-hybridized carbons (Fsp3) is 1.00. The first-order chi connectivity index (χ1) is 3.83. The molecule has 2 nitrogen and oxygen atoms in total. The van der Waals surface area contributed by atoms with Crippen LogP contribution in [0.15, 0.2) is 0 Å². The second-order valence-corrected chi connectivity index (χ2v) is 2.57. The second kappa shape index (κ2) is 2.46. The van der Waals surface area contributed by atoms with Crippen LogP contribution in [0.5, 0.6) is 0 Å². The van der Waals surface area contributed by atoms with Crippen molar-refractivity contribution in [2.75, 3.05) is 6.54 Å². The van der Waals surface area contributed by atoms with E-state index in [1.807, 2.05) is 0 Å². The Kier molecular flexibility index (Phi) is 1.86. The van der Waals surface area contributed by atoms with Crippen molar-refractivity contribution in [1.82, 2.24) is 0 Å². The fourth-order valence-corrected chi connectivity index (χ4v) is 1.26. The van der Waals surface area contributed by atoms with Gasteiger partial charge in [-0.2, -0.15) is 0 Å². The van der Waals surface area contributed by atoms with Gasteiger partial charge in [-0.3, -0.25) is 0 Å². The van der Waals surface area contributed by atoms with Gasteiger partial charge in [-0.25, -0.2) is 0 Å². The number of hydrogen-bond donors (Lipinski definition) is 2. The maximum Gasteiger partial charge on any atom is 0.0543 e. The molecule has 8 heavy (non-hydrogen) atoms. The highest BCUT2D eigenvalue weighted by Crippen LogP contribution is 2.23. The third-order valence-electron chi connectivity index (χ3n) is 1.85. The zero-order valence-corrected chi connectivity index (χ0v) is 5.01. The quantitative estimate of drug-likeness (QED) is 0.509. The Balaban J connectivity index is 2.22. The highest BCUT2D eigenvalue weighted by Gasteiger charge is 2.20. The molecule has 0 unspecified atom stereocenters. The summed E-state index contributed by atoms with van der Waals surface area (Å²) >= 11 is 0. The molecule has 0 aromatic carbocycles. The molecule has 2 heteroatoms. The fourth-order valence-electron chi connectivity index (χ4n) is 1.26. The first-order valence-corrected chi connectivity index (χ1v) is 3.21. The Hall–Kier alpha value is -0.0800. The maximum absolute atomic E-state index is 8.98. The molecule has 1 rings (SSSR count). The first kappa shape index (κ1) is 6.05. The Morgan fingerprint density at radius 3 is 2.50 bits per heavy atom.